The minimum absolute atomic E-state index is 0.116. The molecule has 3 aromatic carbocycles. The normalized spacial score (nSPS) is 14.3. The Labute approximate surface area is 168 Å². The number of fused-ring (bicyclic) bond motifs is 1. The van der Waals surface area contributed by atoms with Gasteiger partial charge in [-0.1, -0.05) is 66.7 Å². The van der Waals surface area contributed by atoms with Crippen LogP contribution in [0.25, 0.3) is 22.5 Å². The van der Waals surface area contributed by atoms with Crippen LogP contribution in [-0.4, -0.2) is 15.9 Å². The molecule has 4 aromatic rings. The predicted molar refractivity (Wildman–Crippen MR) is 116 cm³/mol. The number of H-pyrrole nitrogens is 1. The molecule has 0 radical (unpaired) electrons. The number of carbonyl (C=O) groups is 1. The van der Waals surface area contributed by atoms with Crippen molar-refractivity contribution in [1.29, 1.82) is 0 Å². The summed E-state index contributed by atoms with van der Waals surface area (Å²) in [5, 5.41) is 6.50. The number of amides is 1. The number of carbonyl (C=O) groups excluding carboxylic acids is 1. The lowest BCUT2D eigenvalue weighted by atomic mass is 9.99. The van der Waals surface area contributed by atoms with Crippen molar-refractivity contribution in [2.45, 2.75) is 0 Å². The molecular weight excluding hydrogens is 360 g/mol. The van der Waals surface area contributed by atoms with Gasteiger partial charge in [0.2, 0.25) is 0 Å². The fourth-order valence-electron chi connectivity index (χ4n) is 3.61. The number of benzene rings is 3. The van der Waals surface area contributed by atoms with Gasteiger partial charge in [-0.05, 0) is 17.7 Å². The van der Waals surface area contributed by atoms with Gasteiger partial charge in [-0.15, -0.1) is 0 Å². The maximum Gasteiger partial charge on any atom is 0.258 e. The van der Waals surface area contributed by atoms with Gasteiger partial charge in [0.25, 0.3) is 5.91 Å². The van der Waals surface area contributed by atoms with Crippen molar-refractivity contribution in [1.82, 2.24) is 9.97 Å². The average molecular weight is 378 g/mol. The van der Waals surface area contributed by atoms with Crippen LogP contribution in [0.15, 0.2) is 91.4 Å². The van der Waals surface area contributed by atoms with E-state index < -0.39 is 0 Å². The Morgan fingerprint density at radius 3 is 2.34 bits per heavy atom. The molecule has 140 valence electrons. The van der Waals surface area contributed by atoms with Gasteiger partial charge >= 0.3 is 0 Å². The van der Waals surface area contributed by atoms with Gasteiger partial charge < -0.3 is 15.6 Å². The Bertz CT molecular complexity index is 1210. The Balaban J connectivity index is 1.70. The zero-order valence-electron chi connectivity index (χ0n) is 15.5. The molecule has 5 rings (SSSR count). The van der Waals surface area contributed by atoms with E-state index in [9.17, 15) is 4.79 Å². The summed E-state index contributed by atoms with van der Waals surface area (Å²) >= 11 is 0. The summed E-state index contributed by atoms with van der Waals surface area (Å²) < 4.78 is 0. The smallest absolute Gasteiger partial charge is 0.258 e. The highest BCUT2D eigenvalue weighted by Gasteiger charge is 2.28. The first-order valence-corrected chi connectivity index (χ1v) is 9.37. The molecule has 1 aromatic heterocycles. The summed E-state index contributed by atoms with van der Waals surface area (Å²) in [6.45, 7) is 0. The fourth-order valence-corrected chi connectivity index (χ4v) is 3.61. The molecule has 1 aliphatic rings. The number of aromatic nitrogens is 2. The third-order valence-electron chi connectivity index (χ3n) is 4.95. The van der Waals surface area contributed by atoms with Gasteiger partial charge in [-0.25, -0.2) is 4.98 Å². The van der Waals surface area contributed by atoms with E-state index in [0.717, 1.165) is 39.5 Å². The van der Waals surface area contributed by atoms with Crippen molar-refractivity contribution < 1.29 is 4.79 Å². The standard InChI is InChI=1S/C24H18N4O/c29-24-22(18-11-5-7-13-20(18)28-24)23(16-8-2-1-3-9-16)27-19-12-6-4-10-17(19)21-14-25-15-26-21/h1-15,27H,(H,25,26)(H,28,29). The molecular formula is C24H18N4O. The van der Waals surface area contributed by atoms with Crippen LogP contribution in [0, 0.1) is 0 Å². The molecule has 5 heteroatoms. The first-order chi connectivity index (χ1) is 14.3. The number of imidazole rings is 1. The molecule has 29 heavy (non-hydrogen) atoms. The molecule has 5 nitrogen and oxygen atoms in total. The predicted octanol–water partition coefficient (Wildman–Crippen LogP) is 5.01. The molecule has 1 amide bonds. The number of para-hydroxylation sites is 2. The monoisotopic (exact) mass is 378 g/mol. The molecule has 0 atom stereocenters. The van der Waals surface area contributed by atoms with E-state index in [1.165, 1.54) is 0 Å². The van der Waals surface area contributed by atoms with Crippen LogP contribution in [0.4, 0.5) is 11.4 Å². The third-order valence-corrected chi connectivity index (χ3v) is 4.95. The maximum absolute atomic E-state index is 12.9. The second-order valence-electron chi connectivity index (χ2n) is 6.74. The summed E-state index contributed by atoms with van der Waals surface area (Å²) in [4.78, 5) is 20.3. The fraction of sp³-hybridized carbons (Fsp3) is 0. The quantitative estimate of drug-likeness (QED) is 0.437. The van der Waals surface area contributed by atoms with E-state index >= 15 is 0 Å². The zero-order valence-corrected chi connectivity index (χ0v) is 15.5. The molecule has 0 bridgehead atoms. The van der Waals surface area contributed by atoms with E-state index in [-0.39, 0.29) is 5.91 Å². The summed E-state index contributed by atoms with van der Waals surface area (Å²) in [6.07, 6.45) is 3.51. The van der Waals surface area contributed by atoms with Crippen LogP contribution in [-0.2, 0) is 4.79 Å². The van der Waals surface area contributed by atoms with Crippen LogP contribution in [0.5, 0.6) is 0 Å². The van der Waals surface area contributed by atoms with Gasteiger partial charge in [-0.3, -0.25) is 4.79 Å². The lowest BCUT2D eigenvalue weighted by Crippen LogP contribution is -2.10. The van der Waals surface area contributed by atoms with Crippen molar-refractivity contribution in [2.24, 2.45) is 0 Å². The van der Waals surface area contributed by atoms with Gasteiger partial charge in [0.05, 0.1) is 23.3 Å². The third kappa shape index (κ3) is 3.08. The highest BCUT2D eigenvalue weighted by atomic mass is 16.2. The number of hydrogen-bond donors (Lipinski definition) is 3. The van der Waals surface area contributed by atoms with Gasteiger partial charge in [0, 0.05) is 28.7 Å². The van der Waals surface area contributed by atoms with Crippen LogP contribution in [0.2, 0.25) is 0 Å². The van der Waals surface area contributed by atoms with Gasteiger partial charge in [-0.2, -0.15) is 0 Å². The molecule has 2 heterocycles. The number of nitrogens with zero attached hydrogens (tertiary/aromatic N) is 1. The van der Waals surface area contributed by atoms with E-state index in [4.69, 9.17) is 0 Å². The SMILES string of the molecule is O=C1Nc2ccccc2C1=C(Nc1ccccc1-c1c[nH]cn1)c1ccccc1. The molecule has 3 N–H and O–H groups in total. The molecule has 0 fully saturated rings. The topological polar surface area (TPSA) is 69.8 Å². The van der Waals surface area contributed by atoms with Crippen molar-refractivity contribution in [3.05, 3.63) is 103 Å². The van der Waals surface area contributed by atoms with Crippen LogP contribution >= 0.6 is 0 Å². The molecule has 0 aliphatic carbocycles. The van der Waals surface area contributed by atoms with Crippen LogP contribution in [0.1, 0.15) is 11.1 Å². The lowest BCUT2D eigenvalue weighted by Gasteiger charge is -2.17. The largest absolute Gasteiger partial charge is 0.354 e. The number of nitrogens with one attached hydrogen (secondary N) is 3. The summed E-state index contributed by atoms with van der Waals surface area (Å²) in [6, 6.07) is 25.6. The van der Waals surface area contributed by atoms with Gasteiger partial charge in [0.1, 0.15) is 0 Å². The molecule has 0 saturated heterocycles. The van der Waals surface area contributed by atoms with Crippen LogP contribution in [0.3, 0.4) is 0 Å². The highest BCUT2D eigenvalue weighted by Crippen LogP contribution is 2.38. The van der Waals surface area contributed by atoms with Crippen molar-refractivity contribution >= 4 is 28.6 Å². The molecule has 1 aliphatic heterocycles. The highest BCUT2D eigenvalue weighted by molar-refractivity contribution is 6.37. The Kier molecular flexibility index (Phi) is 4.18. The Morgan fingerprint density at radius 1 is 0.828 bits per heavy atom. The lowest BCUT2D eigenvalue weighted by molar-refractivity contribution is -0.110. The van der Waals surface area contributed by atoms with E-state index in [0.29, 0.717) is 5.57 Å². The minimum atomic E-state index is -0.116. The second-order valence-corrected chi connectivity index (χ2v) is 6.74. The zero-order chi connectivity index (χ0) is 19.6. The van der Waals surface area contributed by atoms with Crippen molar-refractivity contribution in [3.63, 3.8) is 0 Å². The molecule has 0 unspecified atom stereocenters. The van der Waals surface area contributed by atoms with E-state index in [1.54, 1.807) is 6.33 Å². The number of hydrogen-bond acceptors (Lipinski definition) is 3. The molecule has 0 spiro atoms. The van der Waals surface area contributed by atoms with Crippen molar-refractivity contribution in [3.8, 4) is 11.3 Å². The maximum atomic E-state index is 12.9. The average Bonchev–Trinajstić information content (AvgIpc) is 3.40. The number of anilines is 2. The molecule has 0 saturated carbocycles. The van der Waals surface area contributed by atoms with E-state index in [1.807, 2.05) is 85.1 Å². The van der Waals surface area contributed by atoms with E-state index in [2.05, 4.69) is 20.6 Å². The van der Waals surface area contributed by atoms with Crippen molar-refractivity contribution in [2.75, 3.05) is 10.6 Å². The number of aromatic amines is 1. The Hall–Kier alpha value is -4.12. The summed E-state index contributed by atoms with van der Waals surface area (Å²) in [7, 11) is 0. The summed E-state index contributed by atoms with van der Waals surface area (Å²) in [5.41, 5.74) is 6.70. The Morgan fingerprint density at radius 2 is 1.55 bits per heavy atom. The first-order valence-electron chi connectivity index (χ1n) is 9.37. The number of rotatable bonds is 4. The minimum Gasteiger partial charge on any atom is -0.354 e. The summed E-state index contributed by atoms with van der Waals surface area (Å²) in [5.74, 6) is -0.116. The second kappa shape index (κ2) is 7.13. The van der Waals surface area contributed by atoms with Gasteiger partial charge in [0.15, 0.2) is 0 Å². The van der Waals surface area contributed by atoms with Crippen LogP contribution < -0.4 is 10.6 Å². The first kappa shape index (κ1) is 17.0.